The highest BCUT2D eigenvalue weighted by atomic mass is 32.2. The summed E-state index contributed by atoms with van der Waals surface area (Å²) < 4.78 is 63.6. The molecule has 1 fully saturated rings. The number of nitrogens with zero attached hydrogens (tertiary/aromatic N) is 4. The largest absolute Gasteiger partial charge is 0.475 e. The van der Waals surface area contributed by atoms with E-state index in [2.05, 4.69) is 9.97 Å². The maximum absolute atomic E-state index is 14.1. The molecular formula is C25H35F2N5O6S2. The van der Waals surface area contributed by atoms with Crippen LogP contribution in [-0.2, 0) is 27.1 Å². The lowest BCUT2D eigenvalue weighted by Gasteiger charge is -2.29. The van der Waals surface area contributed by atoms with Crippen molar-refractivity contribution in [2.75, 3.05) is 32.8 Å². The van der Waals surface area contributed by atoms with Crippen molar-refractivity contribution in [3.05, 3.63) is 47.2 Å². The Labute approximate surface area is 237 Å². The second kappa shape index (κ2) is 13.9. The quantitative estimate of drug-likeness (QED) is 0.292. The zero-order valence-electron chi connectivity index (χ0n) is 22.7. The Bertz CT molecular complexity index is 1280. The predicted molar refractivity (Wildman–Crippen MR) is 145 cm³/mol. The van der Waals surface area contributed by atoms with Crippen LogP contribution < -0.4 is 9.88 Å². The van der Waals surface area contributed by atoms with E-state index in [1.165, 1.54) is 17.0 Å². The molecule has 0 aliphatic carbocycles. The van der Waals surface area contributed by atoms with Crippen LogP contribution in [0.3, 0.4) is 0 Å². The van der Waals surface area contributed by atoms with Crippen molar-refractivity contribution in [2.24, 2.45) is 5.14 Å². The van der Waals surface area contributed by atoms with E-state index in [-0.39, 0.29) is 55.0 Å². The van der Waals surface area contributed by atoms with Crippen molar-refractivity contribution in [1.29, 1.82) is 0 Å². The van der Waals surface area contributed by atoms with Gasteiger partial charge in [-0.15, -0.1) is 0 Å². The topological polar surface area (TPSA) is 148 Å². The molecule has 11 nitrogen and oxygen atoms in total. The lowest BCUT2D eigenvalue weighted by atomic mass is 10.0. The zero-order chi connectivity index (χ0) is 29.5. The minimum atomic E-state index is -3.85. The fourth-order valence-electron chi connectivity index (χ4n) is 3.88. The Morgan fingerprint density at radius 3 is 2.67 bits per heavy atom. The first kappa shape index (κ1) is 31.9. The Morgan fingerprint density at radius 1 is 1.23 bits per heavy atom. The zero-order valence-corrected chi connectivity index (χ0v) is 24.3. The van der Waals surface area contributed by atoms with Crippen molar-refractivity contribution in [3.63, 3.8) is 0 Å². The van der Waals surface area contributed by atoms with Crippen molar-refractivity contribution < 1.29 is 36.6 Å². The first-order valence-electron chi connectivity index (χ1n) is 12.8. The maximum atomic E-state index is 14.1. The van der Waals surface area contributed by atoms with Crippen LogP contribution in [0.2, 0.25) is 0 Å². The summed E-state index contributed by atoms with van der Waals surface area (Å²) in [4.78, 5) is 23.2. The molecule has 1 aromatic heterocycles. The van der Waals surface area contributed by atoms with Gasteiger partial charge < -0.3 is 19.5 Å². The van der Waals surface area contributed by atoms with Crippen LogP contribution in [0.1, 0.15) is 44.9 Å². The van der Waals surface area contributed by atoms with E-state index >= 15 is 0 Å². The third-order valence-electron chi connectivity index (χ3n) is 6.06. The third-order valence-corrected chi connectivity index (χ3v) is 8.04. The molecule has 3 N–H and O–H groups in total. The van der Waals surface area contributed by atoms with E-state index in [0.717, 1.165) is 22.1 Å². The highest BCUT2D eigenvalue weighted by Crippen LogP contribution is 2.27. The van der Waals surface area contributed by atoms with Gasteiger partial charge in [-0.3, -0.25) is 0 Å². The molecule has 1 amide bonds. The summed E-state index contributed by atoms with van der Waals surface area (Å²) in [5.74, 6) is -1.65. The number of aliphatic hydroxyl groups excluding tert-OH is 1. The lowest BCUT2D eigenvalue weighted by molar-refractivity contribution is 0.0141. The fourth-order valence-corrected chi connectivity index (χ4v) is 5.45. The van der Waals surface area contributed by atoms with Crippen molar-refractivity contribution >= 4 is 28.1 Å². The molecule has 2 aromatic rings. The van der Waals surface area contributed by atoms with E-state index in [1.54, 1.807) is 19.9 Å². The van der Waals surface area contributed by atoms with Gasteiger partial charge in [0.05, 0.1) is 11.8 Å². The minimum Gasteiger partial charge on any atom is -0.475 e. The number of halogens is 2. The molecule has 1 atom stereocenters. The Kier molecular flexibility index (Phi) is 11.1. The number of rotatable bonds is 11. The van der Waals surface area contributed by atoms with Crippen LogP contribution in [0.25, 0.3) is 0 Å². The molecule has 0 bridgehead atoms. The highest BCUT2D eigenvalue weighted by Gasteiger charge is 2.30. The van der Waals surface area contributed by atoms with Gasteiger partial charge in [-0.2, -0.15) is 17.7 Å². The number of ether oxygens (including phenoxy) is 2. The Balaban J connectivity index is 1.73. The molecule has 40 heavy (non-hydrogen) atoms. The lowest BCUT2D eigenvalue weighted by Crippen LogP contribution is -2.42. The summed E-state index contributed by atoms with van der Waals surface area (Å²) in [6.07, 6.45) is -0.254. The second-order valence-electron chi connectivity index (χ2n) is 9.94. The van der Waals surface area contributed by atoms with Gasteiger partial charge >= 0.3 is 6.09 Å². The van der Waals surface area contributed by atoms with Crippen LogP contribution in [0.15, 0.2) is 29.4 Å². The molecule has 15 heteroatoms. The second-order valence-corrected chi connectivity index (χ2v) is 12.4. The van der Waals surface area contributed by atoms with Gasteiger partial charge in [-0.05, 0) is 32.8 Å². The number of carbonyl (C=O) groups is 1. The highest BCUT2D eigenvalue weighted by molar-refractivity contribution is 7.98. The normalized spacial score (nSPS) is 15.9. The summed E-state index contributed by atoms with van der Waals surface area (Å²) in [6.45, 7) is 5.94. The summed E-state index contributed by atoms with van der Waals surface area (Å²) in [7, 11) is -3.85. The molecule has 0 saturated carbocycles. The SMILES string of the molecule is CC[C@H](O)COc1cc(CC(C)(C)OC(=O)N2CCCN(S(N)(=O)=O)CC2)nc(SCc2cccc(F)c2F)n1. The minimum absolute atomic E-state index is 0.00153. The number of aromatic nitrogens is 2. The fraction of sp³-hybridized carbons (Fsp3) is 0.560. The summed E-state index contributed by atoms with van der Waals surface area (Å²) in [5.41, 5.74) is -0.420. The molecule has 2 heterocycles. The number of nitrogens with two attached hydrogens (primary N) is 1. The number of amides is 1. The van der Waals surface area contributed by atoms with Gasteiger partial charge in [0.1, 0.15) is 12.2 Å². The van der Waals surface area contributed by atoms with Crippen LogP contribution in [0, 0.1) is 11.6 Å². The van der Waals surface area contributed by atoms with Gasteiger partial charge in [-0.25, -0.2) is 23.7 Å². The number of carbonyl (C=O) groups excluding carboxylic acids is 1. The molecule has 1 aliphatic heterocycles. The first-order chi connectivity index (χ1) is 18.8. The van der Waals surface area contributed by atoms with E-state index in [1.807, 2.05) is 6.92 Å². The average Bonchev–Trinajstić information content (AvgIpc) is 3.14. The molecule has 222 valence electrons. The molecule has 3 rings (SSSR count). The van der Waals surface area contributed by atoms with Crippen LogP contribution in [0.4, 0.5) is 13.6 Å². The number of hydrogen-bond donors (Lipinski definition) is 2. The van der Waals surface area contributed by atoms with E-state index in [9.17, 15) is 27.1 Å². The maximum Gasteiger partial charge on any atom is 0.410 e. The van der Waals surface area contributed by atoms with Crippen LogP contribution >= 0.6 is 11.8 Å². The first-order valence-corrected chi connectivity index (χ1v) is 15.3. The van der Waals surface area contributed by atoms with E-state index in [0.29, 0.717) is 25.1 Å². The monoisotopic (exact) mass is 603 g/mol. The molecule has 1 aliphatic rings. The number of thioether (sulfide) groups is 1. The Hall–Kier alpha value is -2.59. The molecule has 1 aromatic carbocycles. The van der Waals surface area contributed by atoms with Gasteiger partial charge in [-0.1, -0.05) is 30.8 Å². The van der Waals surface area contributed by atoms with E-state index < -0.39 is 39.6 Å². The summed E-state index contributed by atoms with van der Waals surface area (Å²) >= 11 is 1.08. The van der Waals surface area contributed by atoms with Crippen LogP contribution in [-0.4, -0.2) is 83.3 Å². The molecule has 0 radical (unpaired) electrons. The van der Waals surface area contributed by atoms with Gasteiger partial charge in [0.15, 0.2) is 16.8 Å². The molecular weight excluding hydrogens is 568 g/mol. The Morgan fingerprint density at radius 2 is 1.98 bits per heavy atom. The summed E-state index contributed by atoms with van der Waals surface area (Å²) in [5, 5.41) is 15.4. The van der Waals surface area contributed by atoms with Gasteiger partial charge in [0.25, 0.3) is 10.2 Å². The summed E-state index contributed by atoms with van der Waals surface area (Å²) in [6, 6.07) is 5.50. The number of aliphatic hydroxyl groups is 1. The molecule has 1 saturated heterocycles. The van der Waals surface area contributed by atoms with Gasteiger partial charge in [0, 0.05) is 50.0 Å². The number of hydrogen-bond acceptors (Lipinski definition) is 9. The standard InChI is InChI=1S/C25H35F2N5O6S2/c1-4-19(33)15-37-21-13-18(29-23(30-21)39-16-17-7-5-8-20(26)22(17)27)14-25(2,3)38-24(34)31-9-6-10-32(12-11-31)40(28,35)36/h5,7-8,13,19,33H,4,6,9-12,14-16H2,1-3H3,(H2,28,35,36)/t19-/m0/s1. The average molecular weight is 604 g/mol. The van der Waals surface area contributed by atoms with Gasteiger partial charge in [0.2, 0.25) is 5.88 Å². The third kappa shape index (κ3) is 9.51. The molecule has 0 spiro atoms. The smallest absolute Gasteiger partial charge is 0.410 e. The van der Waals surface area contributed by atoms with Crippen LogP contribution in [0.5, 0.6) is 5.88 Å². The van der Waals surface area contributed by atoms with Crippen molar-refractivity contribution in [3.8, 4) is 5.88 Å². The predicted octanol–water partition coefficient (Wildman–Crippen LogP) is 2.87. The number of benzene rings is 1. The van der Waals surface area contributed by atoms with E-state index in [4.69, 9.17) is 14.6 Å². The molecule has 0 unspecified atom stereocenters. The van der Waals surface area contributed by atoms with Crippen molar-refractivity contribution in [1.82, 2.24) is 19.2 Å². The van der Waals surface area contributed by atoms with Crippen molar-refractivity contribution in [2.45, 2.75) is 62.6 Å².